The fraction of sp³-hybridized carbons (Fsp3) is 0.429. The van der Waals surface area contributed by atoms with Gasteiger partial charge < -0.3 is 5.32 Å². The number of piperazine rings is 1. The molecule has 1 heterocycles. The van der Waals surface area contributed by atoms with E-state index in [2.05, 4.69) is 5.32 Å². The molecule has 0 saturated carbocycles. The lowest BCUT2D eigenvalue weighted by atomic mass is 10.0. The molecule has 1 unspecified atom stereocenters. The van der Waals surface area contributed by atoms with Gasteiger partial charge in [0.15, 0.2) is 0 Å². The fourth-order valence-electron chi connectivity index (χ4n) is 2.27. The monoisotopic (exact) mass is 348 g/mol. The Morgan fingerprint density at radius 2 is 1.81 bits per heavy atom. The molecule has 1 atom stereocenters. The van der Waals surface area contributed by atoms with Gasteiger partial charge in [-0.15, -0.1) is 0 Å². The zero-order valence-electron chi connectivity index (χ0n) is 11.6. The fourth-order valence-corrected chi connectivity index (χ4v) is 2.91. The van der Waals surface area contributed by atoms with Gasteiger partial charge in [-0.1, -0.05) is 48.7 Å². The minimum absolute atomic E-state index is 0.0783. The Hall–Kier alpha value is -0.970. The molecule has 1 fully saturated rings. The van der Waals surface area contributed by atoms with E-state index in [1.54, 1.807) is 0 Å². The third-order valence-electron chi connectivity index (χ3n) is 3.19. The molecule has 114 valence electrons. The standard InChI is InChI=1S/C14H15Cl3N2O2/c1-7(2)3-11-14(21)19(6-13(20)18-11)12-5-9(16)8(15)4-10(12)17/h4-5,7,11H,3,6H2,1-2H3,(H,18,20). The topological polar surface area (TPSA) is 49.4 Å². The van der Waals surface area contributed by atoms with E-state index in [1.165, 1.54) is 17.0 Å². The minimum Gasteiger partial charge on any atom is -0.343 e. The molecule has 2 amide bonds. The highest BCUT2D eigenvalue weighted by Gasteiger charge is 2.34. The maximum Gasteiger partial charge on any atom is 0.250 e. The van der Waals surface area contributed by atoms with E-state index in [0.717, 1.165) is 0 Å². The highest BCUT2D eigenvalue weighted by Crippen LogP contribution is 2.35. The van der Waals surface area contributed by atoms with Crippen LogP contribution in [-0.4, -0.2) is 24.4 Å². The van der Waals surface area contributed by atoms with Crippen LogP contribution in [0.1, 0.15) is 20.3 Å². The Kier molecular flexibility index (Phi) is 5.02. The SMILES string of the molecule is CC(C)CC1NC(=O)CN(c2cc(Cl)c(Cl)cc2Cl)C1=O. The number of anilines is 1. The molecule has 0 spiro atoms. The Bertz CT molecular complexity index is 590. The maximum absolute atomic E-state index is 12.5. The van der Waals surface area contributed by atoms with Gasteiger partial charge in [-0.05, 0) is 24.5 Å². The molecule has 1 aromatic carbocycles. The van der Waals surface area contributed by atoms with Crippen molar-refractivity contribution < 1.29 is 9.59 Å². The molecule has 0 radical (unpaired) electrons. The van der Waals surface area contributed by atoms with E-state index < -0.39 is 6.04 Å². The van der Waals surface area contributed by atoms with Gasteiger partial charge in [0, 0.05) is 0 Å². The number of rotatable bonds is 3. The zero-order chi connectivity index (χ0) is 15.7. The summed E-state index contributed by atoms with van der Waals surface area (Å²) < 4.78 is 0. The van der Waals surface area contributed by atoms with Crippen LogP contribution in [0, 0.1) is 5.92 Å². The number of nitrogens with zero attached hydrogens (tertiary/aromatic N) is 1. The summed E-state index contributed by atoms with van der Waals surface area (Å²) in [5, 5.41) is 3.59. The third-order valence-corrected chi connectivity index (χ3v) is 4.21. The van der Waals surface area contributed by atoms with Gasteiger partial charge in [-0.3, -0.25) is 14.5 Å². The molecule has 2 rings (SSSR count). The molecule has 1 saturated heterocycles. The minimum atomic E-state index is -0.545. The van der Waals surface area contributed by atoms with E-state index in [4.69, 9.17) is 34.8 Å². The van der Waals surface area contributed by atoms with Crippen molar-refractivity contribution in [3.63, 3.8) is 0 Å². The van der Waals surface area contributed by atoms with Gasteiger partial charge >= 0.3 is 0 Å². The molecule has 4 nitrogen and oxygen atoms in total. The summed E-state index contributed by atoms with van der Waals surface area (Å²) in [5.41, 5.74) is 0.402. The molecular weight excluding hydrogens is 335 g/mol. The van der Waals surface area contributed by atoms with Crippen molar-refractivity contribution in [2.45, 2.75) is 26.3 Å². The summed E-state index contributed by atoms with van der Waals surface area (Å²) in [4.78, 5) is 25.7. The van der Waals surface area contributed by atoms with E-state index in [9.17, 15) is 9.59 Å². The molecule has 0 aliphatic carbocycles. The quantitative estimate of drug-likeness (QED) is 0.849. The smallest absolute Gasteiger partial charge is 0.250 e. The van der Waals surface area contributed by atoms with Gasteiger partial charge in [0.2, 0.25) is 11.8 Å². The lowest BCUT2D eigenvalue weighted by Gasteiger charge is -2.33. The van der Waals surface area contributed by atoms with E-state index in [0.29, 0.717) is 17.1 Å². The summed E-state index contributed by atoms with van der Waals surface area (Å²) >= 11 is 18.0. The third kappa shape index (κ3) is 3.62. The van der Waals surface area contributed by atoms with Crippen LogP contribution in [0.2, 0.25) is 15.1 Å². The van der Waals surface area contributed by atoms with Crippen molar-refractivity contribution >= 4 is 52.3 Å². The second kappa shape index (κ2) is 6.42. The predicted octanol–water partition coefficient (Wildman–Crippen LogP) is 3.52. The van der Waals surface area contributed by atoms with Crippen molar-refractivity contribution in [2.75, 3.05) is 11.4 Å². The number of carbonyl (C=O) groups excluding carboxylic acids is 2. The Balaban J connectivity index is 2.36. The van der Waals surface area contributed by atoms with Crippen molar-refractivity contribution in [1.82, 2.24) is 5.32 Å². The lowest BCUT2D eigenvalue weighted by molar-refractivity contribution is -0.131. The molecule has 0 aromatic heterocycles. The number of hydrogen-bond donors (Lipinski definition) is 1. The van der Waals surface area contributed by atoms with Crippen LogP contribution in [0.15, 0.2) is 12.1 Å². The second-order valence-corrected chi connectivity index (χ2v) is 6.61. The average molecular weight is 350 g/mol. The second-order valence-electron chi connectivity index (χ2n) is 5.39. The van der Waals surface area contributed by atoms with Crippen molar-refractivity contribution in [3.8, 4) is 0 Å². The molecule has 7 heteroatoms. The van der Waals surface area contributed by atoms with Crippen molar-refractivity contribution in [2.24, 2.45) is 5.92 Å². The normalized spacial score (nSPS) is 19.1. The summed E-state index contributed by atoms with van der Waals surface area (Å²) in [6, 6.07) is 2.43. The van der Waals surface area contributed by atoms with Gasteiger partial charge in [0.25, 0.3) is 0 Å². The number of hydrogen-bond acceptors (Lipinski definition) is 2. The van der Waals surface area contributed by atoms with Gasteiger partial charge in [-0.2, -0.15) is 0 Å². The molecule has 1 aliphatic rings. The highest BCUT2D eigenvalue weighted by molar-refractivity contribution is 6.44. The first-order valence-corrected chi connectivity index (χ1v) is 7.68. The first-order chi connectivity index (χ1) is 9.79. The van der Waals surface area contributed by atoms with Crippen LogP contribution in [-0.2, 0) is 9.59 Å². The highest BCUT2D eigenvalue weighted by atomic mass is 35.5. The molecule has 0 bridgehead atoms. The van der Waals surface area contributed by atoms with Crippen LogP contribution in [0.3, 0.4) is 0 Å². The first-order valence-electron chi connectivity index (χ1n) is 6.55. The van der Waals surface area contributed by atoms with Crippen LogP contribution < -0.4 is 10.2 Å². The average Bonchev–Trinajstić information content (AvgIpc) is 2.37. The Morgan fingerprint density at radius 3 is 2.43 bits per heavy atom. The van der Waals surface area contributed by atoms with Crippen LogP contribution >= 0.6 is 34.8 Å². The number of benzene rings is 1. The van der Waals surface area contributed by atoms with Gasteiger partial charge in [0.1, 0.15) is 12.6 Å². The predicted molar refractivity (Wildman–Crippen MR) is 85.2 cm³/mol. The first kappa shape index (κ1) is 16.4. The molecular formula is C14H15Cl3N2O2. The number of halogens is 3. The Morgan fingerprint density at radius 1 is 1.19 bits per heavy atom. The van der Waals surface area contributed by atoms with Gasteiger partial charge in [0.05, 0.1) is 20.8 Å². The summed E-state index contributed by atoms with van der Waals surface area (Å²) in [7, 11) is 0. The molecule has 21 heavy (non-hydrogen) atoms. The van der Waals surface area contributed by atoms with Crippen molar-refractivity contribution in [3.05, 3.63) is 27.2 Å². The van der Waals surface area contributed by atoms with Crippen molar-refractivity contribution in [1.29, 1.82) is 0 Å². The molecule has 1 aliphatic heterocycles. The summed E-state index contributed by atoms with van der Waals surface area (Å²) in [5.74, 6) is -0.130. The van der Waals surface area contributed by atoms with E-state index in [-0.39, 0.29) is 34.3 Å². The number of amides is 2. The van der Waals surface area contributed by atoms with Crippen LogP contribution in [0.4, 0.5) is 5.69 Å². The molecule has 1 N–H and O–H groups in total. The maximum atomic E-state index is 12.5. The van der Waals surface area contributed by atoms with Crippen LogP contribution in [0.25, 0.3) is 0 Å². The largest absolute Gasteiger partial charge is 0.343 e. The number of nitrogens with one attached hydrogen (secondary N) is 1. The Labute approximate surface area is 138 Å². The van der Waals surface area contributed by atoms with E-state index in [1.807, 2.05) is 13.8 Å². The van der Waals surface area contributed by atoms with Crippen LogP contribution in [0.5, 0.6) is 0 Å². The molecule has 1 aromatic rings. The van der Waals surface area contributed by atoms with E-state index >= 15 is 0 Å². The summed E-state index contributed by atoms with van der Waals surface area (Å²) in [6.45, 7) is 3.90. The zero-order valence-corrected chi connectivity index (χ0v) is 13.9. The lowest BCUT2D eigenvalue weighted by Crippen LogP contribution is -2.58. The number of carbonyl (C=O) groups is 2. The van der Waals surface area contributed by atoms with Gasteiger partial charge in [-0.25, -0.2) is 0 Å². The summed E-state index contributed by atoms with van der Waals surface area (Å²) in [6.07, 6.45) is 0.569.